The van der Waals surface area contributed by atoms with Gasteiger partial charge in [-0.2, -0.15) is 0 Å². The van der Waals surface area contributed by atoms with Crippen LogP contribution in [0, 0.1) is 0 Å². The molecule has 172 valence electrons. The Bertz CT molecular complexity index is 1170. The Labute approximate surface area is 202 Å². The number of thiophene rings is 1. The number of benzene rings is 1. The van der Waals surface area contributed by atoms with Crippen LogP contribution in [0.4, 0.5) is 4.39 Å². The molecule has 1 saturated heterocycles. The molecule has 0 atom stereocenters. The van der Waals surface area contributed by atoms with E-state index in [-0.39, 0.29) is 12.0 Å². The van der Waals surface area contributed by atoms with Gasteiger partial charge in [0, 0.05) is 47.4 Å². The van der Waals surface area contributed by atoms with E-state index in [2.05, 4.69) is 16.4 Å². The zero-order valence-corrected chi connectivity index (χ0v) is 19.8. The van der Waals surface area contributed by atoms with Crippen molar-refractivity contribution in [2.75, 3.05) is 13.1 Å². The van der Waals surface area contributed by atoms with Gasteiger partial charge in [-0.15, -0.1) is 11.3 Å². The number of amides is 1. The smallest absolute Gasteiger partial charge is 0.253 e. The van der Waals surface area contributed by atoms with Crippen LogP contribution in [0.1, 0.15) is 48.2 Å². The predicted molar refractivity (Wildman–Crippen MR) is 131 cm³/mol. The molecule has 33 heavy (non-hydrogen) atoms. The molecule has 3 aromatic rings. The van der Waals surface area contributed by atoms with Crippen LogP contribution in [0.15, 0.2) is 48.0 Å². The number of rotatable bonds is 5. The van der Waals surface area contributed by atoms with Crippen LogP contribution in [0.2, 0.25) is 5.02 Å². The second kappa shape index (κ2) is 9.16. The minimum atomic E-state index is -1.09. The molecule has 0 radical (unpaired) electrons. The number of hydrogen-bond donors (Lipinski definition) is 1. The topological polar surface area (TPSA) is 53.4 Å². The number of pyridine rings is 1. The maximum Gasteiger partial charge on any atom is 0.253 e. The van der Waals surface area contributed by atoms with Crippen LogP contribution in [0.25, 0.3) is 21.6 Å². The fourth-order valence-electron chi connectivity index (χ4n) is 4.54. The Balaban J connectivity index is 1.33. The quantitative estimate of drug-likeness (QED) is 0.471. The summed E-state index contributed by atoms with van der Waals surface area (Å²) >= 11 is 8.18. The van der Waals surface area contributed by atoms with E-state index in [0.717, 1.165) is 33.7 Å². The lowest BCUT2D eigenvalue weighted by Crippen LogP contribution is -2.40. The summed E-state index contributed by atoms with van der Waals surface area (Å²) in [5, 5.41) is 12.3. The number of aromatic nitrogens is 1. The molecule has 0 bridgehead atoms. The summed E-state index contributed by atoms with van der Waals surface area (Å²) in [6, 6.07) is 11.4. The van der Waals surface area contributed by atoms with Gasteiger partial charge >= 0.3 is 0 Å². The third-order valence-corrected chi connectivity index (χ3v) is 8.01. The normalized spacial score (nSPS) is 18.2. The van der Waals surface area contributed by atoms with Crippen LogP contribution in [-0.2, 0) is 6.42 Å². The van der Waals surface area contributed by atoms with Gasteiger partial charge in [0.25, 0.3) is 5.91 Å². The highest BCUT2D eigenvalue weighted by Gasteiger charge is 2.37. The Morgan fingerprint density at radius 1 is 1.18 bits per heavy atom. The minimum absolute atomic E-state index is 0.0522. The molecule has 1 aliphatic heterocycles. The van der Waals surface area contributed by atoms with Crippen molar-refractivity contribution in [3.63, 3.8) is 0 Å². The van der Waals surface area contributed by atoms with Crippen molar-refractivity contribution in [3.05, 3.63) is 64.3 Å². The van der Waals surface area contributed by atoms with Crippen LogP contribution in [-0.4, -0.2) is 45.8 Å². The Morgan fingerprint density at radius 2 is 1.97 bits per heavy atom. The summed E-state index contributed by atoms with van der Waals surface area (Å²) in [4.78, 5) is 20.0. The second-order valence-corrected chi connectivity index (χ2v) is 10.5. The molecule has 1 saturated carbocycles. The van der Waals surface area contributed by atoms with Gasteiger partial charge in [-0.25, -0.2) is 4.39 Å². The summed E-state index contributed by atoms with van der Waals surface area (Å²) in [6.07, 6.45) is 5.22. The van der Waals surface area contributed by atoms with Gasteiger partial charge in [0.1, 0.15) is 5.67 Å². The lowest BCUT2D eigenvalue weighted by Gasteiger charge is -2.33. The van der Waals surface area contributed by atoms with E-state index in [0.29, 0.717) is 55.8 Å². The maximum atomic E-state index is 14.5. The van der Waals surface area contributed by atoms with Crippen molar-refractivity contribution < 1.29 is 14.3 Å². The fraction of sp³-hybridized carbons (Fsp3) is 0.385. The largest absolute Gasteiger partial charge is 0.393 e. The molecule has 4 nitrogen and oxygen atoms in total. The van der Waals surface area contributed by atoms with Gasteiger partial charge in [-0.1, -0.05) is 17.7 Å². The highest BCUT2D eigenvalue weighted by atomic mass is 35.5. The minimum Gasteiger partial charge on any atom is -0.393 e. The van der Waals surface area contributed by atoms with Crippen molar-refractivity contribution in [1.29, 1.82) is 0 Å². The van der Waals surface area contributed by atoms with Gasteiger partial charge in [-0.3, -0.25) is 9.78 Å². The standard InChI is InChI=1S/C26H26ClFN2O2S/c27-23-13-18(25(32)30-10-5-21(31)6-11-30)2-3-22(23)24-14-19(16-33-24)17-4-9-29-20(12-17)15-26(28)7-1-8-26/h2-4,9,12-14,16,21,31H,1,5-8,10-11,15H2. The van der Waals surface area contributed by atoms with Crippen molar-refractivity contribution >= 4 is 28.8 Å². The van der Waals surface area contributed by atoms with E-state index < -0.39 is 5.67 Å². The highest BCUT2D eigenvalue weighted by molar-refractivity contribution is 7.14. The molecular weight excluding hydrogens is 459 g/mol. The van der Waals surface area contributed by atoms with Crippen molar-refractivity contribution in [2.45, 2.75) is 50.3 Å². The van der Waals surface area contributed by atoms with E-state index in [1.165, 1.54) is 0 Å². The number of aliphatic hydroxyl groups excluding tert-OH is 1. The average Bonchev–Trinajstić information content (AvgIpc) is 3.28. The number of aliphatic hydroxyl groups is 1. The van der Waals surface area contributed by atoms with Crippen molar-refractivity contribution in [2.24, 2.45) is 0 Å². The molecule has 0 spiro atoms. The average molecular weight is 485 g/mol. The zero-order valence-electron chi connectivity index (χ0n) is 18.3. The summed E-state index contributed by atoms with van der Waals surface area (Å²) in [5.74, 6) is -0.0522. The third-order valence-electron chi connectivity index (χ3n) is 6.73. The molecule has 5 rings (SSSR count). The molecule has 1 N–H and O–H groups in total. The predicted octanol–water partition coefficient (Wildman–Crippen LogP) is 6.16. The number of piperidine rings is 1. The number of likely N-dealkylation sites (tertiary alicyclic amines) is 1. The third kappa shape index (κ3) is 4.84. The van der Waals surface area contributed by atoms with Gasteiger partial charge < -0.3 is 10.0 Å². The first kappa shape index (κ1) is 22.5. The summed E-state index contributed by atoms with van der Waals surface area (Å²) in [6.45, 7) is 1.12. The van der Waals surface area contributed by atoms with Crippen molar-refractivity contribution in [3.8, 4) is 21.6 Å². The summed E-state index contributed by atoms with van der Waals surface area (Å²) < 4.78 is 14.5. The van der Waals surface area contributed by atoms with Gasteiger partial charge in [0.05, 0.1) is 11.1 Å². The SMILES string of the molecule is O=C(c1ccc(-c2cc(-c3ccnc(CC4(F)CCC4)c3)cs2)c(Cl)c1)N1CCC(O)CC1. The first-order chi connectivity index (χ1) is 15.9. The first-order valence-electron chi connectivity index (χ1n) is 11.4. The molecule has 1 aliphatic carbocycles. The molecule has 2 fully saturated rings. The van der Waals surface area contributed by atoms with Crippen LogP contribution >= 0.6 is 22.9 Å². The van der Waals surface area contributed by atoms with E-state index in [9.17, 15) is 14.3 Å². The molecule has 7 heteroatoms. The molecule has 2 aliphatic rings. The van der Waals surface area contributed by atoms with E-state index in [1.807, 2.05) is 24.3 Å². The molecule has 3 heterocycles. The Morgan fingerprint density at radius 3 is 2.67 bits per heavy atom. The maximum absolute atomic E-state index is 14.5. The molecule has 2 aromatic heterocycles. The van der Waals surface area contributed by atoms with E-state index in [1.54, 1.807) is 28.5 Å². The molecule has 0 unspecified atom stereocenters. The Hall–Kier alpha value is -2.28. The number of alkyl halides is 1. The van der Waals surface area contributed by atoms with Gasteiger partial charge in [-0.05, 0) is 78.9 Å². The van der Waals surface area contributed by atoms with Crippen LogP contribution in [0.3, 0.4) is 0 Å². The first-order valence-corrected chi connectivity index (χ1v) is 12.7. The highest BCUT2D eigenvalue weighted by Crippen LogP contribution is 2.40. The van der Waals surface area contributed by atoms with Gasteiger partial charge in [0.15, 0.2) is 0 Å². The van der Waals surface area contributed by atoms with E-state index >= 15 is 0 Å². The number of nitrogens with zero attached hydrogens (tertiary/aromatic N) is 2. The van der Waals surface area contributed by atoms with Crippen molar-refractivity contribution in [1.82, 2.24) is 9.88 Å². The number of carbonyl (C=O) groups excluding carboxylic acids is 1. The van der Waals surface area contributed by atoms with Gasteiger partial charge in [0.2, 0.25) is 0 Å². The number of carbonyl (C=O) groups is 1. The zero-order chi connectivity index (χ0) is 23.0. The van der Waals surface area contributed by atoms with Crippen LogP contribution in [0.5, 0.6) is 0 Å². The summed E-state index contributed by atoms with van der Waals surface area (Å²) in [5.41, 5.74) is 3.20. The fourth-order valence-corrected chi connectivity index (χ4v) is 5.84. The monoisotopic (exact) mass is 484 g/mol. The molecule has 1 amide bonds. The number of hydrogen-bond acceptors (Lipinski definition) is 4. The lowest BCUT2D eigenvalue weighted by atomic mass is 9.78. The van der Waals surface area contributed by atoms with Crippen LogP contribution < -0.4 is 0 Å². The van der Waals surface area contributed by atoms with E-state index in [4.69, 9.17) is 11.6 Å². The summed E-state index contributed by atoms with van der Waals surface area (Å²) in [7, 11) is 0. The Kier molecular flexibility index (Phi) is 6.25. The second-order valence-electron chi connectivity index (χ2n) is 9.13. The number of halogens is 2. The molecular formula is C26H26ClFN2O2S. The molecule has 1 aromatic carbocycles. The lowest BCUT2D eigenvalue weighted by molar-refractivity contribution is 0.0546.